The van der Waals surface area contributed by atoms with Crippen molar-refractivity contribution in [2.24, 2.45) is 5.92 Å². The molecule has 3 heteroatoms. The van der Waals surface area contributed by atoms with Gasteiger partial charge in [-0.3, -0.25) is 4.98 Å². The highest BCUT2D eigenvalue weighted by Crippen LogP contribution is 2.42. The largest absolute Gasteiger partial charge is 0.461 e. The van der Waals surface area contributed by atoms with Crippen LogP contribution in [-0.4, -0.2) is 4.98 Å². The lowest BCUT2D eigenvalue weighted by Gasteiger charge is -2.22. The van der Waals surface area contributed by atoms with Gasteiger partial charge in [0.15, 0.2) is 0 Å². The molecule has 0 N–H and O–H groups in total. The fourth-order valence-corrected chi connectivity index (χ4v) is 6.54. The first kappa shape index (κ1) is 23.9. The molecule has 0 unspecified atom stereocenters. The van der Waals surface area contributed by atoms with Crippen LogP contribution in [-0.2, 0) is 11.8 Å². The van der Waals surface area contributed by atoms with E-state index in [9.17, 15) is 0 Å². The van der Waals surface area contributed by atoms with Crippen LogP contribution in [0.5, 0.6) is 0 Å². The van der Waals surface area contributed by atoms with Crippen LogP contribution in [0.3, 0.4) is 0 Å². The van der Waals surface area contributed by atoms with Crippen LogP contribution in [0.15, 0.2) is 77.3 Å². The zero-order valence-electron chi connectivity index (χ0n) is 22.5. The lowest BCUT2D eigenvalue weighted by Crippen LogP contribution is -2.12. The zero-order valence-corrected chi connectivity index (χ0v) is 23.3. The summed E-state index contributed by atoms with van der Waals surface area (Å²) in [6, 6.07) is 24.4. The third kappa shape index (κ3) is 4.26. The number of aromatic nitrogens is 1. The highest BCUT2D eigenvalue weighted by molar-refractivity contribution is 7.22. The van der Waals surface area contributed by atoms with Crippen LogP contribution >= 0.6 is 11.3 Å². The van der Waals surface area contributed by atoms with Gasteiger partial charge >= 0.3 is 0 Å². The molecule has 3 aromatic heterocycles. The molecule has 0 aliphatic heterocycles. The van der Waals surface area contributed by atoms with Gasteiger partial charge in [0, 0.05) is 28.4 Å². The fourth-order valence-electron chi connectivity index (χ4n) is 5.38. The minimum atomic E-state index is 0.0368. The van der Waals surface area contributed by atoms with Gasteiger partial charge in [-0.1, -0.05) is 71.0 Å². The number of hydrogen-bond acceptors (Lipinski definition) is 3. The van der Waals surface area contributed by atoms with Crippen molar-refractivity contribution in [2.45, 2.75) is 53.4 Å². The summed E-state index contributed by atoms with van der Waals surface area (Å²) in [6.45, 7) is 13.5. The van der Waals surface area contributed by atoms with Crippen molar-refractivity contribution in [1.29, 1.82) is 0 Å². The van der Waals surface area contributed by atoms with E-state index in [2.05, 4.69) is 108 Å². The average molecular weight is 504 g/mol. The first-order chi connectivity index (χ1) is 17.7. The SMILES string of the molecule is Cc1c(CC(C)C)oc2cc(-c3cc4ccnc(-c5cc(C(C)(C)C)c6ccccc6c5)c4s3)ccc12. The number of nitrogens with zero attached hydrogens (tertiary/aromatic N) is 1. The number of rotatable bonds is 4. The Morgan fingerprint density at radius 1 is 0.865 bits per heavy atom. The molecule has 2 nitrogen and oxygen atoms in total. The van der Waals surface area contributed by atoms with Crippen LogP contribution < -0.4 is 0 Å². The second kappa shape index (κ2) is 8.85. The summed E-state index contributed by atoms with van der Waals surface area (Å²) >= 11 is 1.82. The van der Waals surface area contributed by atoms with Crippen molar-refractivity contribution in [3.05, 3.63) is 89.8 Å². The summed E-state index contributed by atoms with van der Waals surface area (Å²) in [6.07, 6.45) is 2.91. The Morgan fingerprint density at radius 3 is 2.46 bits per heavy atom. The Balaban J connectivity index is 1.49. The number of benzene rings is 3. The van der Waals surface area contributed by atoms with Gasteiger partial charge in [0.1, 0.15) is 11.3 Å². The van der Waals surface area contributed by atoms with Crippen LogP contribution in [0.1, 0.15) is 51.5 Å². The topological polar surface area (TPSA) is 26.0 Å². The molecule has 0 amide bonds. The molecule has 3 heterocycles. The van der Waals surface area contributed by atoms with Crippen molar-refractivity contribution < 1.29 is 4.42 Å². The van der Waals surface area contributed by atoms with E-state index in [4.69, 9.17) is 9.40 Å². The summed E-state index contributed by atoms with van der Waals surface area (Å²) < 4.78 is 7.54. The first-order valence-electron chi connectivity index (χ1n) is 13.1. The van der Waals surface area contributed by atoms with Crippen LogP contribution in [0.2, 0.25) is 0 Å². The van der Waals surface area contributed by atoms with Gasteiger partial charge in [-0.05, 0) is 81.4 Å². The quantitative estimate of drug-likeness (QED) is 0.239. The molecule has 0 saturated carbocycles. The summed E-state index contributed by atoms with van der Waals surface area (Å²) in [7, 11) is 0. The van der Waals surface area contributed by atoms with Crippen LogP contribution in [0.25, 0.3) is 53.5 Å². The minimum absolute atomic E-state index is 0.0368. The molecule has 0 aliphatic carbocycles. The van der Waals surface area contributed by atoms with Crippen molar-refractivity contribution in [1.82, 2.24) is 4.98 Å². The minimum Gasteiger partial charge on any atom is -0.461 e. The average Bonchev–Trinajstić information content (AvgIpc) is 3.43. The summed E-state index contributed by atoms with van der Waals surface area (Å²) in [5, 5.41) is 5.02. The predicted octanol–water partition coefficient (Wildman–Crippen LogP) is 10.3. The predicted molar refractivity (Wildman–Crippen MR) is 160 cm³/mol. The van der Waals surface area contributed by atoms with Gasteiger partial charge in [0.2, 0.25) is 0 Å². The van der Waals surface area contributed by atoms with Crippen LogP contribution in [0, 0.1) is 12.8 Å². The second-order valence-corrected chi connectivity index (χ2v) is 12.7. The standard InChI is InChI=1S/C34H33NOS/c1-20(2)15-29-21(3)26-12-11-23(18-30(26)36-29)31-19-24-13-14-35-32(33(24)37-31)25-16-22-9-7-8-10-27(22)28(17-25)34(4,5)6/h7-14,16-20H,15H2,1-6H3. The highest BCUT2D eigenvalue weighted by atomic mass is 32.1. The Hall–Kier alpha value is -3.43. The maximum atomic E-state index is 6.32. The van der Waals surface area contributed by atoms with Gasteiger partial charge in [-0.25, -0.2) is 0 Å². The fraction of sp³-hybridized carbons (Fsp3) is 0.265. The van der Waals surface area contributed by atoms with Crippen molar-refractivity contribution >= 4 is 43.2 Å². The maximum Gasteiger partial charge on any atom is 0.135 e. The van der Waals surface area contributed by atoms with Gasteiger partial charge < -0.3 is 4.42 Å². The molecule has 3 aromatic carbocycles. The lowest BCUT2D eigenvalue weighted by atomic mass is 9.82. The van der Waals surface area contributed by atoms with Crippen molar-refractivity contribution in [3.8, 4) is 21.7 Å². The van der Waals surface area contributed by atoms with E-state index in [0.717, 1.165) is 23.5 Å². The van der Waals surface area contributed by atoms with E-state index >= 15 is 0 Å². The molecule has 0 fully saturated rings. The number of aryl methyl sites for hydroxylation is 1. The molecule has 0 spiro atoms. The summed E-state index contributed by atoms with van der Waals surface area (Å²) in [5.74, 6) is 1.68. The number of furan rings is 1. The maximum absolute atomic E-state index is 6.32. The molecular formula is C34H33NOS. The van der Waals surface area contributed by atoms with Gasteiger partial charge in [-0.15, -0.1) is 11.3 Å². The molecule has 0 radical (unpaired) electrons. The molecule has 0 aliphatic rings. The van der Waals surface area contributed by atoms with E-state index < -0.39 is 0 Å². The van der Waals surface area contributed by atoms with E-state index in [1.54, 1.807) is 0 Å². The Kier molecular flexibility index (Phi) is 5.72. The molecule has 0 atom stereocenters. The van der Waals surface area contributed by atoms with Gasteiger partial charge in [0.25, 0.3) is 0 Å². The van der Waals surface area contributed by atoms with E-state index in [0.29, 0.717) is 5.92 Å². The van der Waals surface area contributed by atoms with Gasteiger partial charge in [0.05, 0.1) is 10.4 Å². The van der Waals surface area contributed by atoms with Crippen molar-refractivity contribution in [3.63, 3.8) is 0 Å². The number of pyridine rings is 1. The highest BCUT2D eigenvalue weighted by Gasteiger charge is 2.20. The molecule has 6 rings (SSSR count). The molecule has 37 heavy (non-hydrogen) atoms. The third-order valence-electron chi connectivity index (χ3n) is 7.29. The second-order valence-electron chi connectivity index (χ2n) is 11.6. The molecule has 0 saturated heterocycles. The van der Waals surface area contributed by atoms with Crippen LogP contribution in [0.4, 0.5) is 0 Å². The molecule has 0 bridgehead atoms. The summed E-state index contributed by atoms with van der Waals surface area (Å²) in [4.78, 5) is 6.14. The Bertz CT molecular complexity index is 1780. The summed E-state index contributed by atoms with van der Waals surface area (Å²) in [5.41, 5.74) is 7.06. The smallest absolute Gasteiger partial charge is 0.135 e. The monoisotopic (exact) mass is 503 g/mol. The normalized spacial score (nSPS) is 12.4. The van der Waals surface area contributed by atoms with E-state index in [1.165, 1.54) is 53.4 Å². The van der Waals surface area contributed by atoms with Crippen molar-refractivity contribution in [2.75, 3.05) is 0 Å². The zero-order chi connectivity index (χ0) is 25.9. The van der Waals surface area contributed by atoms with Gasteiger partial charge in [-0.2, -0.15) is 0 Å². The molecule has 186 valence electrons. The number of thiophene rings is 1. The molecular weight excluding hydrogens is 470 g/mol. The third-order valence-corrected chi connectivity index (χ3v) is 8.50. The molecule has 6 aromatic rings. The van der Waals surface area contributed by atoms with E-state index in [1.807, 2.05) is 17.5 Å². The Labute approximate surface area is 223 Å². The van der Waals surface area contributed by atoms with E-state index in [-0.39, 0.29) is 5.41 Å². The lowest BCUT2D eigenvalue weighted by molar-refractivity contribution is 0.496. The number of hydrogen-bond donors (Lipinski definition) is 0. The number of fused-ring (bicyclic) bond motifs is 3. The first-order valence-corrected chi connectivity index (χ1v) is 14.0. The Morgan fingerprint density at radius 2 is 1.68 bits per heavy atom.